The third-order valence-electron chi connectivity index (χ3n) is 5.43. The summed E-state index contributed by atoms with van der Waals surface area (Å²) in [6, 6.07) is 12.3. The number of amides is 3. The zero-order valence-corrected chi connectivity index (χ0v) is 18.7. The summed E-state index contributed by atoms with van der Waals surface area (Å²) in [6.07, 6.45) is 1.98. The van der Waals surface area contributed by atoms with Gasteiger partial charge in [0.05, 0.1) is 5.52 Å². The molecule has 1 fully saturated rings. The predicted molar refractivity (Wildman–Crippen MR) is 123 cm³/mol. The fraction of sp³-hybridized carbons (Fsp3) is 0.273. The molecule has 1 saturated heterocycles. The normalized spacial score (nSPS) is 16.6. The maximum absolute atomic E-state index is 13.1. The standard InChI is InChI=1S/C22H23BrN6O2/c1-2-19-21(30)28(12-14-3-8-17-18(11-14)25-13-26-20(17)24)9-10-29(19)22(31)27-16-6-4-15(23)5-7-16/h3-8,11,13,19H,2,9-10,12H2,1H3,(H,27,31)(H2,24,25,26)/t19-/m0/s1. The van der Waals surface area contributed by atoms with Gasteiger partial charge in [-0.1, -0.05) is 28.9 Å². The van der Waals surface area contributed by atoms with Crippen LogP contribution in [-0.2, 0) is 11.3 Å². The number of nitrogens with one attached hydrogen (secondary N) is 1. The highest BCUT2D eigenvalue weighted by Crippen LogP contribution is 2.22. The fourth-order valence-electron chi connectivity index (χ4n) is 3.80. The molecule has 0 bridgehead atoms. The van der Waals surface area contributed by atoms with Crippen molar-refractivity contribution in [3.8, 4) is 0 Å². The molecule has 3 N–H and O–H groups in total. The van der Waals surface area contributed by atoms with Gasteiger partial charge in [0.1, 0.15) is 18.2 Å². The van der Waals surface area contributed by atoms with Crippen molar-refractivity contribution in [2.45, 2.75) is 25.9 Å². The number of halogens is 1. The molecule has 2 aromatic carbocycles. The number of urea groups is 1. The minimum atomic E-state index is -0.498. The van der Waals surface area contributed by atoms with Crippen LogP contribution in [0.1, 0.15) is 18.9 Å². The fourth-order valence-corrected chi connectivity index (χ4v) is 4.07. The summed E-state index contributed by atoms with van der Waals surface area (Å²) in [4.78, 5) is 37.6. The highest BCUT2D eigenvalue weighted by Gasteiger charge is 2.36. The van der Waals surface area contributed by atoms with Crippen molar-refractivity contribution in [3.63, 3.8) is 0 Å². The van der Waals surface area contributed by atoms with Crippen LogP contribution in [0.25, 0.3) is 10.9 Å². The lowest BCUT2D eigenvalue weighted by molar-refractivity contribution is -0.140. The lowest BCUT2D eigenvalue weighted by Crippen LogP contribution is -2.59. The highest BCUT2D eigenvalue weighted by molar-refractivity contribution is 9.10. The Morgan fingerprint density at radius 2 is 1.97 bits per heavy atom. The minimum absolute atomic E-state index is 0.0537. The number of hydrogen-bond donors (Lipinski definition) is 2. The molecule has 0 saturated carbocycles. The average molecular weight is 483 g/mol. The third-order valence-corrected chi connectivity index (χ3v) is 5.96. The van der Waals surface area contributed by atoms with Crippen molar-refractivity contribution < 1.29 is 9.59 Å². The number of piperazine rings is 1. The van der Waals surface area contributed by atoms with E-state index in [1.165, 1.54) is 6.33 Å². The van der Waals surface area contributed by atoms with Crippen LogP contribution >= 0.6 is 15.9 Å². The van der Waals surface area contributed by atoms with E-state index in [2.05, 4.69) is 31.2 Å². The van der Waals surface area contributed by atoms with Gasteiger partial charge in [-0.25, -0.2) is 14.8 Å². The molecule has 1 atom stereocenters. The molecule has 0 spiro atoms. The van der Waals surface area contributed by atoms with Gasteiger partial charge < -0.3 is 20.9 Å². The second kappa shape index (κ2) is 8.89. The quantitative estimate of drug-likeness (QED) is 0.590. The number of carbonyl (C=O) groups is 2. The summed E-state index contributed by atoms with van der Waals surface area (Å²) in [7, 11) is 0. The predicted octanol–water partition coefficient (Wildman–Crippen LogP) is 3.63. The molecule has 3 amide bonds. The number of benzene rings is 2. The number of nitrogen functional groups attached to an aromatic ring is 1. The molecule has 3 aromatic rings. The number of hydrogen-bond acceptors (Lipinski definition) is 5. The van der Waals surface area contributed by atoms with Gasteiger partial charge in [0.25, 0.3) is 0 Å². The van der Waals surface area contributed by atoms with Gasteiger partial charge in [-0.15, -0.1) is 0 Å². The Kier molecular flexibility index (Phi) is 6.03. The molecule has 0 radical (unpaired) electrons. The van der Waals surface area contributed by atoms with Gasteiger partial charge in [0.15, 0.2) is 0 Å². The van der Waals surface area contributed by atoms with Gasteiger partial charge in [-0.3, -0.25) is 4.79 Å². The van der Waals surface area contributed by atoms with Crippen LogP contribution in [-0.4, -0.2) is 50.8 Å². The van der Waals surface area contributed by atoms with E-state index in [-0.39, 0.29) is 11.9 Å². The Morgan fingerprint density at radius 3 is 2.71 bits per heavy atom. The first-order valence-electron chi connectivity index (χ1n) is 10.1. The maximum atomic E-state index is 13.1. The van der Waals surface area contributed by atoms with E-state index in [4.69, 9.17) is 5.73 Å². The van der Waals surface area contributed by atoms with Crippen molar-refractivity contribution in [3.05, 3.63) is 58.8 Å². The summed E-state index contributed by atoms with van der Waals surface area (Å²) in [5.74, 6) is 0.381. The number of aromatic nitrogens is 2. The molecule has 0 aliphatic carbocycles. The molecule has 31 heavy (non-hydrogen) atoms. The maximum Gasteiger partial charge on any atom is 0.322 e. The van der Waals surface area contributed by atoms with E-state index in [9.17, 15) is 9.59 Å². The van der Waals surface area contributed by atoms with E-state index in [0.717, 1.165) is 20.9 Å². The smallest absolute Gasteiger partial charge is 0.322 e. The highest BCUT2D eigenvalue weighted by atomic mass is 79.9. The summed E-state index contributed by atoms with van der Waals surface area (Å²) >= 11 is 3.38. The number of fused-ring (bicyclic) bond motifs is 1. The zero-order chi connectivity index (χ0) is 22.0. The topological polar surface area (TPSA) is 104 Å². The number of anilines is 2. The average Bonchev–Trinajstić information content (AvgIpc) is 2.76. The second-order valence-corrected chi connectivity index (χ2v) is 8.34. The molecule has 1 aliphatic rings. The Bertz CT molecular complexity index is 1120. The van der Waals surface area contributed by atoms with Crippen LogP contribution in [0.15, 0.2) is 53.3 Å². The van der Waals surface area contributed by atoms with Crippen LogP contribution < -0.4 is 11.1 Å². The van der Waals surface area contributed by atoms with Gasteiger partial charge >= 0.3 is 6.03 Å². The monoisotopic (exact) mass is 482 g/mol. The largest absolute Gasteiger partial charge is 0.383 e. The van der Waals surface area contributed by atoms with Crippen LogP contribution in [0, 0.1) is 0 Å². The van der Waals surface area contributed by atoms with E-state index in [0.29, 0.717) is 37.6 Å². The first-order chi connectivity index (χ1) is 15.0. The molecule has 9 heteroatoms. The number of nitrogens with zero attached hydrogens (tertiary/aromatic N) is 4. The van der Waals surface area contributed by atoms with Gasteiger partial charge in [-0.05, 0) is 48.4 Å². The van der Waals surface area contributed by atoms with E-state index in [1.54, 1.807) is 9.80 Å². The molecule has 1 aliphatic heterocycles. The SMILES string of the molecule is CC[C@H]1C(=O)N(Cc2ccc3c(N)ncnc3c2)CCN1C(=O)Nc1ccc(Br)cc1. The van der Waals surface area contributed by atoms with Crippen LogP contribution in [0.3, 0.4) is 0 Å². The summed E-state index contributed by atoms with van der Waals surface area (Å²) in [5, 5.41) is 3.67. The van der Waals surface area contributed by atoms with Crippen molar-refractivity contribution >= 4 is 50.3 Å². The Morgan fingerprint density at radius 1 is 1.19 bits per heavy atom. The Labute approximate surface area is 188 Å². The lowest BCUT2D eigenvalue weighted by Gasteiger charge is -2.40. The number of nitrogens with two attached hydrogens (primary N) is 1. The zero-order valence-electron chi connectivity index (χ0n) is 17.1. The van der Waals surface area contributed by atoms with Crippen LogP contribution in [0.5, 0.6) is 0 Å². The Balaban J connectivity index is 1.46. The van der Waals surface area contributed by atoms with E-state index >= 15 is 0 Å². The van der Waals surface area contributed by atoms with Crippen LogP contribution in [0.2, 0.25) is 0 Å². The number of carbonyl (C=O) groups excluding carboxylic acids is 2. The molecular weight excluding hydrogens is 460 g/mol. The first kappa shape index (κ1) is 21.0. The molecule has 2 heterocycles. The summed E-state index contributed by atoms with van der Waals surface area (Å²) < 4.78 is 0.934. The summed E-state index contributed by atoms with van der Waals surface area (Å²) in [6.45, 7) is 3.31. The third kappa shape index (κ3) is 4.46. The van der Waals surface area contributed by atoms with E-state index < -0.39 is 6.04 Å². The second-order valence-electron chi connectivity index (χ2n) is 7.42. The molecule has 1 aromatic heterocycles. The molecule has 4 rings (SSSR count). The van der Waals surface area contributed by atoms with Crippen molar-refractivity contribution in [1.29, 1.82) is 0 Å². The van der Waals surface area contributed by atoms with Gasteiger partial charge in [-0.2, -0.15) is 0 Å². The van der Waals surface area contributed by atoms with Crippen molar-refractivity contribution in [2.75, 3.05) is 24.1 Å². The van der Waals surface area contributed by atoms with E-state index in [1.807, 2.05) is 49.4 Å². The van der Waals surface area contributed by atoms with Gasteiger partial charge in [0, 0.05) is 35.2 Å². The molecular formula is C22H23BrN6O2. The molecule has 160 valence electrons. The van der Waals surface area contributed by atoms with Gasteiger partial charge in [0.2, 0.25) is 5.91 Å². The summed E-state index contributed by atoms with van der Waals surface area (Å²) in [5.41, 5.74) is 8.29. The Hall–Kier alpha value is -3.20. The molecule has 0 unspecified atom stereocenters. The lowest BCUT2D eigenvalue weighted by atomic mass is 10.1. The molecule has 8 nitrogen and oxygen atoms in total. The van der Waals surface area contributed by atoms with Crippen molar-refractivity contribution in [1.82, 2.24) is 19.8 Å². The first-order valence-corrected chi connectivity index (χ1v) is 10.9. The van der Waals surface area contributed by atoms with Crippen molar-refractivity contribution in [2.24, 2.45) is 0 Å². The minimum Gasteiger partial charge on any atom is -0.383 e. The number of rotatable bonds is 4. The van der Waals surface area contributed by atoms with Crippen LogP contribution in [0.4, 0.5) is 16.3 Å².